The van der Waals surface area contributed by atoms with Crippen LogP contribution in [0.25, 0.3) is 21.5 Å². The number of anilines is 1. The predicted octanol–water partition coefficient (Wildman–Crippen LogP) is 1.89. The number of allylic oxidation sites excluding steroid dienone is 8. The number of rotatable bonds is 5. The van der Waals surface area contributed by atoms with Crippen LogP contribution < -0.4 is 45.9 Å². The molecule has 0 atom stereocenters. The molecule has 6 rings (SSSR count). The number of alkyl halides is 2. The van der Waals surface area contributed by atoms with Crippen molar-refractivity contribution in [2.24, 2.45) is 0 Å². The van der Waals surface area contributed by atoms with Crippen LogP contribution in [-0.2, 0) is 10.8 Å². The zero-order chi connectivity index (χ0) is 35.3. The number of hydrogen-bond donors (Lipinski definition) is 0. The fraction of sp³-hybridized carbons (Fsp3) is 0.237. The fourth-order valence-electron chi connectivity index (χ4n) is 6.72. The van der Waals surface area contributed by atoms with Gasteiger partial charge in [-0.25, -0.2) is 18.6 Å². The van der Waals surface area contributed by atoms with Crippen molar-refractivity contribution in [3.63, 3.8) is 0 Å². The Labute approximate surface area is 307 Å². The maximum Gasteiger partial charge on any atom is -0.112 e. The molecule has 0 aromatic heterocycles. The van der Waals surface area contributed by atoms with Gasteiger partial charge in [-0.1, -0.05) is 111 Å². The van der Waals surface area contributed by atoms with E-state index in [-0.39, 0.29) is 33.2 Å². The Balaban J connectivity index is 0.000000515. The maximum absolute atomic E-state index is 8.49. The SMILES string of the molecule is CN1C(=CC=CC=CC=CC2=[N+](C)c3c(ccc4ccccc34)C2(C)C)C(C)(C)c2ccc3ccccc3c21.[3H][I-]CI.[O-][Cl+3]([O-])([O-])[O-]. The van der Waals surface area contributed by atoms with Crippen molar-refractivity contribution >= 4 is 61.2 Å². The van der Waals surface area contributed by atoms with Crippen molar-refractivity contribution < 1.29 is 55.8 Å². The van der Waals surface area contributed by atoms with E-state index in [1.54, 1.807) is 0 Å². The van der Waals surface area contributed by atoms with E-state index in [0.717, 1.165) is 2.43 Å². The van der Waals surface area contributed by atoms with Gasteiger partial charge in [0, 0.05) is 35.2 Å². The molecule has 248 valence electrons. The topological polar surface area (TPSA) is 98.5 Å². The minimum absolute atomic E-state index is 0.0451. The summed E-state index contributed by atoms with van der Waals surface area (Å²) in [7, 11) is -0.562. The minimum atomic E-state index is -4.94. The average molecular weight is 880 g/mol. The Morgan fingerprint density at radius 2 is 1.30 bits per heavy atom. The van der Waals surface area contributed by atoms with Gasteiger partial charge in [0.25, 0.3) is 0 Å². The van der Waals surface area contributed by atoms with E-state index in [1.165, 1.54) is 55.5 Å². The molecule has 0 N–H and O–H groups in total. The smallest absolute Gasteiger partial charge is 0.112 e. The average Bonchev–Trinajstić information content (AvgIpc) is 3.37. The van der Waals surface area contributed by atoms with Crippen LogP contribution in [-0.4, -0.2) is 27.4 Å². The second-order valence-electron chi connectivity index (χ2n) is 12.3. The molecule has 0 saturated heterocycles. The number of benzene rings is 4. The molecule has 9 heteroatoms. The van der Waals surface area contributed by atoms with Crippen molar-refractivity contribution in [3.05, 3.63) is 132 Å². The third-order valence-corrected chi connectivity index (χ3v) is 8.77. The molecule has 0 saturated carbocycles. The van der Waals surface area contributed by atoms with E-state index in [2.05, 4.69) is 189 Å². The second kappa shape index (κ2) is 15.3. The van der Waals surface area contributed by atoms with Gasteiger partial charge in [0.2, 0.25) is 5.69 Å². The standard InChI is InChI=1S/C37H37N2.CH3I2.ClHO4/c1-36(2)30-24-22-26-16-12-14-18-28(26)34(30)38(5)32(36)20-10-8-7-9-11-21-33-37(3,4)31-25-23-27-17-13-15-19-29(27)35(31)39(33)6;2-1-3;2-1(3,4)5/h7-25H,1-6H3;2H,1H2;(H,2,3,4,5)/q+1;-1;/p-1/i;2T;. The summed E-state index contributed by atoms with van der Waals surface area (Å²) in [6.07, 6.45) is 15.2. The van der Waals surface area contributed by atoms with E-state index in [9.17, 15) is 0 Å². The third kappa shape index (κ3) is 8.18. The van der Waals surface area contributed by atoms with Crippen LogP contribution in [0.2, 0.25) is 0 Å². The summed E-state index contributed by atoms with van der Waals surface area (Å²) in [6.45, 7) is 9.28. The molecule has 6 nitrogen and oxygen atoms in total. The van der Waals surface area contributed by atoms with Gasteiger partial charge in [0.15, 0.2) is 5.71 Å². The van der Waals surface area contributed by atoms with E-state index < -0.39 is 10.2 Å². The van der Waals surface area contributed by atoms with Crippen molar-refractivity contribution in [1.29, 1.82) is 0.594 Å². The van der Waals surface area contributed by atoms with Gasteiger partial charge in [0.05, 0.1) is 16.5 Å². The number of fused-ring (bicyclic) bond motifs is 6. The molecular weight excluding hydrogens is 838 g/mol. The molecule has 4 aromatic rings. The van der Waals surface area contributed by atoms with Crippen molar-refractivity contribution in [1.82, 2.24) is 0 Å². The van der Waals surface area contributed by atoms with Crippen molar-refractivity contribution in [2.45, 2.75) is 38.5 Å². The first kappa shape index (κ1) is 35.7. The predicted molar refractivity (Wildman–Crippen MR) is 189 cm³/mol. The van der Waals surface area contributed by atoms with Gasteiger partial charge in [-0.15, -0.1) is 10.2 Å². The molecule has 0 amide bonds. The van der Waals surface area contributed by atoms with Gasteiger partial charge < -0.3 is 4.90 Å². The third-order valence-electron chi connectivity index (χ3n) is 8.77. The Kier molecular flexibility index (Phi) is 11.6. The van der Waals surface area contributed by atoms with Crippen molar-refractivity contribution in [2.75, 3.05) is 21.4 Å². The molecule has 0 bridgehead atoms. The number of nitrogens with zero attached hydrogens (tertiary/aromatic N) is 2. The van der Waals surface area contributed by atoms with Crippen LogP contribution in [0.1, 0.15) is 38.8 Å². The first-order valence-corrected chi connectivity index (χ1v) is 19.3. The van der Waals surface area contributed by atoms with E-state index in [1.807, 2.05) is 0 Å². The molecule has 0 radical (unpaired) electrons. The Bertz CT molecular complexity index is 1940. The summed E-state index contributed by atoms with van der Waals surface area (Å²) in [4.78, 5) is 2.36. The summed E-state index contributed by atoms with van der Waals surface area (Å²) in [5.41, 5.74) is 7.95. The zero-order valence-electron chi connectivity index (χ0n) is 28.3. The molecule has 2 aliphatic rings. The number of likely N-dealkylation sites (N-methyl/N-ethyl adjacent to an activating group) is 1. The fourth-order valence-corrected chi connectivity index (χ4v) is 6.72. The minimum Gasteiger partial charge on any atom is -0.222 e. The van der Waals surface area contributed by atoms with Gasteiger partial charge in [-0.05, 0) is 42.3 Å². The van der Waals surface area contributed by atoms with Crippen LogP contribution in [0.5, 0.6) is 0 Å². The summed E-state index contributed by atoms with van der Waals surface area (Å²) >= 11 is 2.06. The van der Waals surface area contributed by atoms with Crippen molar-refractivity contribution in [3.8, 4) is 0 Å². The molecule has 4 aromatic carbocycles. The molecule has 2 aliphatic heterocycles. The van der Waals surface area contributed by atoms with Gasteiger partial charge >= 0.3 is 48.0 Å². The monoisotopic (exact) mass is 879 g/mol. The normalized spacial score (nSPS) is 17.8. The summed E-state index contributed by atoms with van der Waals surface area (Å²) < 4.78 is 44.0. The van der Waals surface area contributed by atoms with E-state index in [0.29, 0.717) is 0 Å². The quantitative estimate of drug-likeness (QED) is 0.132. The van der Waals surface area contributed by atoms with Gasteiger partial charge in [-0.2, -0.15) is 4.58 Å². The molecule has 47 heavy (non-hydrogen) atoms. The number of halogens is 3. The second-order valence-corrected chi connectivity index (χ2v) is 17.5. The van der Waals surface area contributed by atoms with Gasteiger partial charge in [0.1, 0.15) is 7.05 Å². The first-order chi connectivity index (χ1) is 22.6. The molecule has 0 unspecified atom stereocenters. The van der Waals surface area contributed by atoms with Crippen LogP contribution in [0, 0.1) is 10.2 Å². The summed E-state index contributed by atoms with van der Waals surface area (Å²) in [5, 5.41) is 5.21. The zero-order valence-corrected chi connectivity index (χ0v) is 32.4. The largest absolute Gasteiger partial charge is 0.222 e. The maximum atomic E-state index is 8.49. The Morgan fingerprint density at radius 1 is 0.787 bits per heavy atom. The van der Waals surface area contributed by atoms with Crippen LogP contribution in [0.3, 0.4) is 0 Å². The Hall–Kier alpha value is -2.58. The first-order valence-electron chi connectivity index (χ1n) is 15.4. The molecule has 0 aliphatic carbocycles. The van der Waals surface area contributed by atoms with Crippen LogP contribution in [0.15, 0.2) is 121 Å². The van der Waals surface area contributed by atoms with E-state index >= 15 is 0 Å². The molecule has 0 spiro atoms. The van der Waals surface area contributed by atoms with Gasteiger partial charge in [-0.3, -0.25) is 0 Å². The summed E-state index contributed by atoms with van der Waals surface area (Å²) in [5.74, 6) is 0. The molecule has 2 heterocycles. The molecular formula is C38H40ClI2N2O4-. The summed E-state index contributed by atoms with van der Waals surface area (Å²) in [6, 6.07) is 26.4. The van der Waals surface area contributed by atoms with E-state index in [4.69, 9.17) is 19.2 Å². The number of hydrogen-bond acceptors (Lipinski definition) is 5. The Morgan fingerprint density at radius 3 is 1.91 bits per heavy atom. The van der Waals surface area contributed by atoms with Crippen LogP contribution >= 0.6 is 22.6 Å². The molecule has 0 fully saturated rings. The van der Waals surface area contributed by atoms with Crippen LogP contribution in [0.4, 0.5) is 11.4 Å².